The second-order valence-electron chi connectivity index (χ2n) is 6.18. The van der Waals surface area contributed by atoms with E-state index in [2.05, 4.69) is 11.1 Å². The van der Waals surface area contributed by atoms with Gasteiger partial charge >= 0.3 is 0 Å². The van der Waals surface area contributed by atoms with Crippen molar-refractivity contribution in [1.29, 1.82) is 5.26 Å². The maximum absolute atomic E-state index is 13.2. The number of fused-ring (bicyclic) bond motifs is 1. The molecule has 4 aromatic rings. The number of aryl methyl sites for hydroxylation is 1. The van der Waals surface area contributed by atoms with Crippen LogP contribution in [0.1, 0.15) is 27.2 Å². The summed E-state index contributed by atoms with van der Waals surface area (Å²) in [5.74, 6) is 0.430. The van der Waals surface area contributed by atoms with Crippen LogP contribution in [0.25, 0.3) is 10.2 Å². The number of hydrogen-bond donors (Lipinski definition) is 0. The summed E-state index contributed by atoms with van der Waals surface area (Å²) in [5.41, 5.74) is 2.63. The minimum absolute atomic E-state index is 0.219. The summed E-state index contributed by atoms with van der Waals surface area (Å²) in [6, 6.07) is 15.9. The molecule has 0 spiro atoms. The maximum Gasteiger partial charge on any atom is 0.260 e. The molecule has 2 aromatic carbocycles. The molecule has 0 saturated carbocycles. The van der Waals surface area contributed by atoms with Gasteiger partial charge in [-0.3, -0.25) is 9.69 Å². The quantitative estimate of drug-likeness (QED) is 0.443. The van der Waals surface area contributed by atoms with Crippen LogP contribution in [-0.2, 0) is 6.54 Å². The Balaban J connectivity index is 1.78. The van der Waals surface area contributed by atoms with E-state index in [4.69, 9.17) is 21.3 Å². The first-order chi connectivity index (χ1) is 13.6. The molecular formula is C21H14ClN3O2S. The predicted molar refractivity (Wildman–Crippen MR) is 110 cm³/mol. The average Bonchev–Trinajstić information content (AvgIpc) is 3.38. The summed E-state index contributed by atoms with van der Waals surface area (Å²) in [6.07, 6.45) is 1.57. The zero-order valence-electron chi connectivity index (χ0n) is 14.8. The Morgan fingerprint density at radius 1 is 1.25 bits per heavy atom. The van der Waals surface area contributed by atoms with Gasteiger partial charge in [-0.2, -0.15) is 5.26 Å². The average molecular weight is 408 g/mol. The van der Waals surface area contributed by atoms with E-state index < -0.39 is 0 Å². The highest BCUT2D eigenvalue weighted by Crippen LogP contribution is 2.34. The van der Waals surface area contributed by atoms with Gasteiger partial charge in [0.05, 0.1) is 34.7 Å². The summed E-state index contributed by atoms with van der Waals surface area (Å²) < 4.78 is 6.40. The van der Waals surface area contributed by atoms with E-state index in [-0.39, 0.29) is 12.5 Å². The molecule has 1 amide bonds. The Morgan fingerprint density at radius 2 is 2.04 bits per heavy atom. The van der Waals surface area contributed by atoms with Gasteiger partial charge in [-0.1, -0.05) is 22.9 Å². The number of carbonyl (C=O) groups is 1. The normalized spacial score (nSPS) is 10.8. The second kappa shape index (κ2) is 7.47. The Labute approximate surface area is 170 Å². The van der Waals surface area contributed by atoms with Crippen LogP contribution in [-0.4, -0.2) is 10.9 Å². The fourth-order valence-corrected chi connectivity index (χ4v) is 4.01. The third kappa shape index (κ3) is 3.38. The van der Waals surface area contributed by atoms with Gasteiger partial charge in [0.2, 0.25) is 0 Å². The molecule has 0 bridgehead atoms. The lowest BCUT2D eigenvalue weighted by molar-refractivity contribution is 0.0983. The molecule has 0 aliphatic rings. The molecule has 7 heteroatoms. The van der Waals surface area contributed by atoms with Crippen molar-refractivity contribution in [2.24, 2.45) is 0 Å². The second-order valence-corrected chi connectivity index (χ2v) is 7.59. The van der Waals surface area contributed by atoms with Crippen LogP contribution in [0.15, 0.2) is 59.2 Å². The largest absolute Gasteiger partial charge is 0.467 e. The first-order valence-electron chi connectivity index (χ1n) is 8.47. The topological polar surface area (TPSA) is 70.1 Å². The van der Waals surface area contributed by atoms with Crippen LogP contribution < -0.4 is 4.90 Å². The Hall–Kier alpha value is -3.14. The van der Waals surface area contributed by atoms with E-state index in [1.807, 2.05) is 25.1 Å². The molecule has 0 aliphatic heterocycles. The molecule has 0 saturated heterocycles. The molecular weight excluding hydrogens is 394 g/mol. The number of thiazole rings is 1. The minimum Gasteiger partial charge on any atom is -0.467 e. The standard InChI is InChI=1S/C21H14ClN3O2S/c1-13-17(22)8-9-18-19(13)24-21(28-18)25(12-16-3-2-10-27-16)20(26)15-6-4-14(11-23)5-7-15/h2-10H,12H2,1H3. The number of rotatable bonds is 4. The Bertz CT molecular complexity index is 1190. The van der Waals surface area contributed by atoms with Crippen LogP contribution in [0, 0.1) is 18.3 Å². The molecule has 0 aliphatic carbocycles. The summed E-state index contributed by atoms with van der Waals surface area (Å²) in [7, 11) is 0. The van der Waals surface area contributed by atoms with E-state index in [1.165, 1.54) is 11.3 Å². The molecule has 0 N–H and O–H groups in total. The number of carbonyl (C=O) groups excluding carboxylic acids is 1. The lowest BCUT2D eigenvalue weighted by atomic mass is 10.1. The highest BCUT2D eigenvalue weighted by Gasteiger charge is 2.23. The monoisotopic (exact) mass is 407 g/mol. The highest BCUT2D eigenvalue weighted by molar-refractivity contribution is 7.22. The van der Waals surface area contributed by atoms with Gasteiger partial charge in [-0.25, -0.2) is 4.98 Å². The maximum atomic E-state index is 13.2. The van der Waals surface area contributed by atoms with E-state index in [0.717, 1.165) is 15.8 Å². The third-order valence-corrected chi connectivity index (χ3v) is 5.82. The van der Waals surface area contributed by atoms with Crippen LogP contribution in [0.5, 0.6) is 0 Å². The smallest absolute Gasteiger partial charge is 0.260 e. The van der Waals surface area contributed by atoms with E-state index in [9.17, 15) is 4.79 Å². The van der Waals surface area contributed by atoms with Gasteiger partial charge < -0.3 is 4.42 Å². The SMILES string of the molecule is Cc1c(Cl)ccc2sc(N(Cc3ccco3)C(=O)c3ccc(C#N)cc3)nc12. The third-order valence-electron chi connectivity index (χ3n) is 4.37. The molecule has 28 heavy (non-hydrogen) atoms. The van der Waals surface area contributed by atoms with Crippen LogP contribution in [0.2, 0.25) is 5.02 Å². The summed E-state index contributed by atoms with van der Waals surface area (Å²) in [6.45, 7) is 2.16. The Morgan fingerprint density at radius 3 is 2.71 bits per heavy atom. The number of hydrogen-bond acceptors (Lipinski definition) is 5. The molecule has 0 unspecified atom stereocenters. The van der Waals surface area contributed by atoms with Crippen LogP contribution in [0.4, 0.5) is 5.13 Å². The number of furan rings is 1. The van der Waals surface area contributed by atoms with E-state index >= 15 is 0 Å². The summed E-state index contributed by atoms with van der Waals surface area (Å²) >= 11 is 7.64. The number of benzene rings is 2. The predicted octanol–water partition coefficient (Wildman–Crippen LogP) is 5.57. The first-order valence-corrected chi connectivity index (χ1v) is 9.66. The number of nitrogens with zero attached hydrogens (tertiary/aromatic N) is 3. The number of halogens is 1. The minimum atomic E-state index is -0.219. The molecule has 0 radical (unpaired) electrons. The molecule has 2 aromatic heterocycles. The van der Waals surface area contributed by atoms with Crippen molar-refractivity contribution >= 4 is 44.2 Å². The number of anilines is 1. The van der Waals surface area contributed by atoms with Crippen molar-refractivity contribution in [3.63, 3.8) is 0 Å². The highest BCUT2D eigenvalue weighted by atomic mass is 35.5. The van der Waals surface area contributed by atoms with Gasteiger partial charge in [0.15, 0.2) is 5.13 Å². The molecule has 0 atom stereocenters. The van der Waals surface area contributed by atoms with Gasteiger partial charge in [0.1, 0.15) is 5.76 Å². The molecule has 138 valence electrons. The molecule has 0 fully saturated rings. The van der Waals surface area contributed by atoms with Crippen molar-refractivity contribution in [2.45, 2.75) is 13.5 Å². The van der Waals surface area contributed by atoms with Crippen LogP contribution in [0.3, 0.4) is 0 Å². The number of nitriles is 1. The summed E-state index contributed by atoms with van der Waals surface area (Å²) in [4.78, 5) is 19.5. The zero-order chi connectivity index (χ0) is 19.7. The lowest BCUT2D eigenvalue weighted by Crippen LogP contribution is -2.30. The summed E-state index contributed by atoms with van der Waals surface area (Å²) in [5, 5.41) is 10.2. The van der Waals surface area contributed by atoms with Crippen molar-refractivity contribution in [2.75, 3.05) is 4.90 Å². The van der Waals surface area contributed by atoms with Gasteiger partial charge in [0, 0.05) is 10.6 Å². The molecule has 5 nitrogen and oxygen atoms in total. The molecule has 2 heterocycles. The van der Waals surface area contributed by atoms with Crippen molar-refractivity contribution in [3.8, 4) is 6.07 Å². The number of aromatic nitrogens is 1. The lowest BCUT2D eigenvalue weighted by Gasteiger charge is -2.18. The van der Waals surface area contributed by atoms with Gasteiger partial charge in [0.25, 0.3) is 5.91 Å². The molecule has 4 rings (SSSR count). The Kier molecular flexibility index (Phi) is 4.86. The van der Waals surface area contributed by atoms with E-state index in [0.29, 0.717) is 27.0 Å². The van der Waals surface area contributed by atoms with Gasteiger partial charge in [-0.05, 0) is 61.0 Å². The van der Waals surface area contributed by atoms with Crippen molar-refractivity contribution in [1.82, 2.24) is 4.98 Å². The van der Waals surface area contributed by atoms with E-state index in [1.54, 1.807) is 41.5 Å². The first kappa shape index (κ1) is 18.2. The fourth-order valence-electron chi connectivity index (χ4n) is 2.83. The van der Waals surface area contributed by atoms with Gasteiger partial charge in [-0.15, -0.1) is 0 Å². The van der Waals surface area contributed by atoms with Crippen molar-refractivity contribution in [3.05, 3.63) is 82.3 Å². The number of amides is 1. The fraction of sp³-hybridized carbons (Fsp3) is 0.0952. The van der Waals surface area contributed by atoms with Crippen LogP contribution >= 0.6 is 22.9 Å². The van der Waals surface area contributed by atoms with Crippen molar-refractivity contribution < 1.29 is 9.21 Å². The zero-order valence-corrected chi connectivity index (χ0v) is 16.4.